The van der Waals surface area contributed by atoms with Gasteiger partial charge in [-0.25, -0.2) is 0 Å². The predicted octanol–water partition coefficient (Wildman–Crippen LogP) is 1.39. The van der Waals surface area contributed by atoms with Crippen LogP contribution < -0.4 is 10.6 Å². The van der Waals surface area contributed by atoms with Crippen LogP contribution in [-0.2, 0) is 9.53 Å². The highest BCUT2D eigenvalue weighted by atomic mass is 32.2. The first kappa shape index (κ1) is 16.1. The third kappa shape index (κ3) is 7.30. The quantitative estimate of drug-likeness (QED) is 0.321. The molecule has 0 bridgehead atoms. The summed E-state index contributed by atoms with van der Waals surface area (Å²) in [5.41, 5.74) is 0. The molecule has 1 aliphatic heterocycles. The second-order valence-electron chi connectivity index (χ2n) is 4.42. The molecule has 0 spiro atoms. The van der Waals surface area contributed by atoms with Crippen LogP contribution in [-0.4, -0.2) is 49.7 Å². The Kier molecular flexibility index (Phi) is 8.45. The number of hydrogen-bond donors (Lipinski definition) is 2. The van der Waals surface area contributed by atoms with E-state index in [0.29, 0.717) is 18.3 Å². The smallest absolute Gasteiger partial charge is 0.305 e. The lowest BCUT2D eigenvalue weighted by atomic mass is 10.2. The van der Waals surface area contributed by atoms with Gasteiger partial charge in [-0.15, -0.1) is 0 Å². The van der Waals surface area contributed by atoms with E-state index >= 15 is 0 Å². The van der Waals surface area contributed by atoms with Crippen LogP contribution in [0, 0.1) is 0 Å². The first-order valence-corrected chi connectivity index (χ1v) is 8.03. The molecule has 0 aromatic carbocycles. The van der Waals surface area contributed by atoms with Crippen molar-refractivity contribution in [2.45, 2.75) is 37.9 Å². The van der Waals surface area contributed by atoms with Crippen molar-refractivity contribution in [3.05, 3.63) is 0 Å². The molecule has 0 aromatic rings. The minimum atomic E-state index is -0.130. The Morgan fingerprint density at radius 1 is 1.47 bits per heavy atom. The first-order chi connectivity index (χ1) is 9.26. The monoisotopic (exact) mass is 287 g/mol. The maximum atomic E-state index is 11.2. The minimum Gasteiger partial charge on any atom is -0.466 e. The van der Waals surface area contributed by atoms with E-state index in [1.165, 1.54) is 18.6 Å². The molecule has 1 saturated heterocycles. The van der Waals surface area contributed by atoms with Crippen LogP contribution in [0.2, 0.25) is 0 Å². The van der Waals surface area contributed by atoms with Gasteiger partial charge in [-0.2, -0.15) is 11.8 Å². The van der Waals surface area contributed by atoms with Crippen molar-refractivity contribution < 1.29 is 9.53 Å². The van der Waals surface area contributed by atoms with E-state index in [-0.39, 0.29) is 5.97 Å². The van der Waals surface area contributed by atoms with E-state index in [9.17, 15) is 4.79 Å². The van der Waals surface area contributed by atoms with Crippen molar-refractivity contribution in [1.29, 1.82) is 0 Å². The lowest BCUT2D eigenvalue weighted by Crippen LogP contribution is -2.40. The zero-order valence-electron chi connectivity index (χ0n) is 11.9. The van der Waals surface area contributed by atoms with Crippen LogP contribution in [0.15, 0.2) is 4.99 Å². The normalized spacial score (nSPS) is 19.3. The maximum absolute atomic E-state index is 11.2. The Labute approximate surface area is 120 Å². The number of aliphatic imine (C=N–C) groups is 1. The van der Waals surface area contributed by atoms with Gasteiger partial charge in [0.05, 0.1) is 6.61 Å². The van der Waals surface area contributed by atoms with Gasteiger partial charge < -0.3 is 15.4 Å². The molecule has 19 heavy (non-hydrogen) atoms. The molecule has 1 rings (SSSR count). The summed E-state index contributed by atoms with van der Waals surface area (Å²) in [7, 11) is 1.77. The van der Waals surface area contributed by atoms with Crippen molar-refractivity contribution in [2.24, 2.45) is 4.99 Å². The largest absolute Gasteiger partial charge is 0.466 e. The summed E-state index contributed by atoms with van der Waals surface area (Å²) in [6, 6.07) is 0. The van der Waals surface area contributed by atoms with Gasteiger partial charge in [-0.1, -0.05) is 0 Å². The molecule has 0 radical (unpaired) electrons. The van der Waals surface area contributed by atoms with Gasteiger partial charge in [0.25, 0.3) is 0 Å². The van der Waals surface area contributed by atoms with Gasteiger partial charge in [0.15, 0.2) is 5.96 Å². The lowest BCUT2D eigenvalue weighted by molar-refractivity contribution is -0.143. The lowest BCUT2D eigenvalue weighted by Gasteiger charge is -2.14. The van der Waals surface area contributed by atoms with Crippen molar-refractivity contribution in [3.8, 4) is 0 Å². The number of hydrogen-bond acceptors (Lipinski definition) is 4. The Morgan fingerprint density at radius 2 is 2.32 bits per heavy atom. The fourth-order valence-electron chi connectivity index (χ4n) is 1.91. The van der Waals surface area contributed by atoms with Crippen LogP contribution in [0.25, 0.3) is 0 Å². The van der Waals surface area contributed by atoms with Gasteiger partial charge in [-0.3, -0.25) is 9.79 Å². The Hall–Kier alpha value is -0.910. The van der Waals surface area contributed by atoms with Crippen LogP contribution >= 0.6 is 11.8 Å². The molecule has 0 amide bonds. The number of rotatable bonds is 7. The average Bonchev–Trinajstić information content (AvgIpc) is 2.91. The molecule has 0 aliphatic carbocycles. The fraction of sp³-hybridized carbons (Fsp3) is 0.846. The third-order valence-corrected chi connectivity index (χ3v) is 4.30. The summed E-state index contributed by atoms with van der Waals surface area (Å²) in [6.45, 7) is 3.97. The highest BCUT2D eigenvalue weighted by Crippen LogP contribution is 2.25. The van der Waals surface area contributed by atoms with E-state index < -0.39 is 0 Å². The molecular weight excluding hydrogens is 262 g/mol. The Morgan fingerprint density at radius 3 is 2.95 bits per heavy atom. The third-order valence-electron chi connectivity index (χ3n) is 2.90. The molecule has 1 unspecified atom stereocenters. The van der Waals surface area contributed by atoms with Crippen molar-refractivity contribution in [2.75, 3.05) is 32.5 Å². The summed E-state index contributed by atoms with van der Waals surface area (Å²) >= 11 is 2.03. The van der Waals surface area contributed by atoms with Gasteiger partial charge in [-0.05, 0) is 31.9 Å². The summed E-state index contributed by atoms with van der Waals surface area (Å²) in [5, 5.41) is 7.25. The zero-order chi connectivity index (χ0) is 13.9. The van der Waals surface area contributed by atoms with Crippen molar-refractivity contribution in [3.63, 3.8) is 0 Å². The average molecular weight is 287 g/mol. The van der Waals surface area contributed by atoms with Crippen LogP contribution in [0.5, 0.6) is 0 Å². The van der Waals surface area contributed by atoms with E-state index in [4.69, 9.17) is 4.74 Å². The first-order valence-electron chi connectivity index (χ1n) is 6.98. The molecule has 0 saturated carbocycles. The van der Waals surface area contributed by atoms with Crippen LogP contribution in [0.4, 0.5) is 0 Å². The summed E-state index contributed by atoms with van der Waals surface area (Å²) < 4.78 is 4.87. The SMILES string of the molecule is CCOC(=O)CCCNC(=NC)NCC1CCCS1. The van der Waals surface area contributed by atoms with Crippen LogP contribution in [0.1, 0.15) is 32.6 Å². The van der Waals surface area contributed by atoms with Gasteiger partial charge in [0, 0.05) is 31.8 Å². The molecule has 1 fully saturated rings. The molecule has 2 N–H and O–H groups in total. The highest BCUT2D eigenvalue weighted by Gasteiger charge is 2.15. The number of nitrogens with zero attached hydrogens (tertiary/aromatic N) is 1. The number of thioether (sulfide) groups is 1. The molecule has 1 aliphatic rings. The zero-order valence-corrected chi connectivity index (χ0v) is 12.7. The van der Waals surface area contributed by atoms with Crippen molar-refractivity contribution in [1.82, 2.24) is 10.6 Å². The van der Waals surface area contributed by atoms with Gasteiger partial charge >= 0.3 is 5.97 Å². The van der Waals surface area contributed by atoms with E-state index in [1.54, 1.807) is 7.05 Å². The van der Waals surface area contributed by atoms with E-state index in [1.807, 2.05) is 18.7 Å². The molecular formula is C13H25N3O2S. The van der Waals surface area contributed by atoms with Crippen molar-refractivity contribution >= 4 is 23.7 Å². The highest BCUT2D eigenvalue weighted by molar-refractivity contribution is 8.00. The van der Waals surface area contributed by atoms with Gasteiger partial charge in [0.1, 0.15) is 0 Å². The standard InChI is InChI=1S/C13H25N3O2S/c1-3-18-12(17)7-4-8-15-13(14-2)16-10-11-6-5-9-19-11/h11H,3-10H2,1-2H3,(H2,14,15,16). The fourth-order valence-corrected chi connectivity index (χ4v) is 3.11. The summed E-state index contributed by atoms with van der Waals surface area (Å²) in [6.07, 6.45) is 3.83. The second-order valence-corrected chi connectivity index (χ2v) is 5.83. The number of carbonyl (C=O) groups excluding carboxylic acids is 1. The number of esters is 1. The Bertz CT molecular complexity index is 292. The molecule has 5 nitrogen and oxygen atoms in total. The number of ether oxygens (including phenoxy) is 1. The Balaban J connectivity index is 2.06. The second kappa shape index (κ2) is 9.95. The summed E-state index contributed by atoms with van der Waals surface area (Å²) in [5.74, 6) is 1.96. The topological polar surface area (TPSA) is 62.7 Å². The van der Waals surface area contributed by atoms with Gasteiger partial charge in [0.2, 0.25) is 0 Å². The number of nitrogens with one attached hydrogen (secondary N) is 2. The number of guanidine groups is 1. The molecule has 0 aromatic heterocycles. The molecule has 1 atom stereocenters. The van der Waals surface area contributed by atoms with Crippen LogP contribution in [0.3, 0.4) is 0 Å². The van der Waals surface area contributed by atoms with E-state index in [2.05, 4.69) is 15.6 Å². The predicted molar refractivity (Wildman–Crippen MR) is 80.7 cm³/mol. The molecule has 6 heteroatoms. The minimum absolute atomic E-state index is 0.130. The summed E-state index contributed by atoms with van der Waals surface area (Å²) in [4.78, 5) is 15.3. The maximum Gasteiger partial charge on any atom is 0.305 e. The molecule has 110 valence electrons. The van der Waals surface area contributed by atoms with E-state index in [0.717, 1.165) is 25.5 Å². The molecule has 1 heterocycles. The number of carbonyl (C=O) groups is 1.